The largest absolute Gasteiger partial charge is 0.514 e. The first kappa shape index (κ1) is 13.8. The van der Waals surface area contributed by atoms with Crippen molar-refractivity contribution in [3.8, 4) is 0 Å². The second-order valence-corrected chi connectivity index (χ2v) is 6.28. The molecule has 0 amide bonds. The predicted molar refractivity (Wildman–Crippen MR) is 74.3 cm³/mol. The average Bonchev–Trinajstić information content (AvgIpc) is 2.47. The second kappa shape index (κ2) is 4.51. The summed E-state index contributed by atoms with van der Waals surface area (Å²) in [5, 5.41) is 0.750. The Kier molecular flexibility index (Phi) is 3.47. The van der Waals surface area contributed by atoms with Crippen LogP contribution in [0.2, 0.25) is 0 Å². The molecule has 1 aromatic rings. The molecular formula is C12H19BN2O2S. The maximum absolute atomic E-state index is 5.98. The first-order chi connectivity index (χ1) is 8.25. The van der Waals surface area contributed by atoms with Gasteiger partial charge in [-0.3, -0.25) is 0 Å². The molecule has 0 atom stereocenters. The van der Waals surface area contributed by atoms with Crippen molar-refractivity contribution >= 4 is 24.5 Å². The van der Waals surface area contributed by atoms with Crippen LogP contribution in [0, 0.1) is 6.92 Å². The molecule has 0 aromatic carbocycles. The van der Waals surface area contributed by atoms with E-state index in [4.69, 9.17) is 9.31 Å². The minimum atomic E-state index is -0.414. The summed E-state index contributed by atoms with van der Waals surface area (Å²) in [5.74, 6) is 0. The van der Waals surface area contributed by atoms with Gasteiger partial charge in [-0.05, 0) is 46.9 Å². The molecule has 1 fully saturated rings. The zero-order valence-electron chi connectivity index (χ0n) is 11.8. The molecular weight excluding hydrogens is 247 g/mol. The van der Waals surface area contributed by atoms with E-state index in [2.05, 4.69) is 9.97 Å². The third-order valence-corrected chi connectivity index (χ3v) is 4.08. The highest BCUT2D eigenvalue weighted by molar-refractivity contribution is 7.98. The van der Waals surface area contributed by atoms with E-state index in [-0.39, 0.29) is 11.2 Å². The van der Waals surface area contributed by atoms with Gasteiger partial charge in [0.05, 0.1) is 16.8 Å². The van der Waals surface area contributed by atoms with Gasteiger partial charge in [0, 0.05) is 5.69 Å². The van der Waals surface area contributed by atoms with Crippen LogP contribution in [0.4, 0.5) is 0 Å². The Balaban J connectivity index is 2.32. The third-order valence-electron chi connectivity index (χ3n) is 3.53. The van der Waals surface area contributed by atoms with Crippen molar-refractivity contribution in [3.05, 3.63) is 11.8 Å². The Morgan fingerprint density at radius 2 is 1.67 bits per heavy atom. The van der Waals surface area contributed by atoms with Crippen LogP contribution in [0.25, 0.3) is 0 Å². The Morgan fingerprint density at radius 3 is 2.17 bits per heavy atom. The molecule has 0 N–H and O–H groups in total. The van der Waals surface area contributed by atoms with Gasteiger partial charge in [0.15, 0.2) is 5.16 Å². The fourth-order valence-electron chi connectivity index (χ4n) is 1.74. The molecule has 1 aliphatic rings. The van der Waals surface area contributed by atoms with Crippen LogP contribution in [0.3, 0.4) is 0 Å². The lowest BCUT2D eigenvalue weighted by molar-refractivity contribution is 0.00578. The summed E-state index contributed by atoms with van der Waals surface area (Å²) in [7, 11) is -0.414. The van der Waals surface area contributed by atoms with E-state index in [1.807, 2.05) is 46.9 Å². The van der Waals surface area contributed by atoms with Crippen LogP contribution in [-0.2, 0) is 9.31 Å². The lowest BCUT2D eigenvalue weighted by Gasteiger charge is -2.32. The fraction of sp³-hybridized carbons (Fsp3) is 0.667. The Morgan fingerprint density at radius 1 is 1.11 bits per heavy atom. The van der Waals surface area contributed by atoms with E-state index in [0.717, 1.165) is 16.4 Å². The zero-order chi connectivity index (χ0) is 13.6. The van der Waals surface area contributed by atoms with E-state index in [0.29, 0.717) is 0 Å². The van der Waals surface area contributed by atoms with E-state index in [1.165, 1.54) is 11.8 Å². The SMILES string of the molecule is CSc1nc(C)cc(B2OC(C)(C)C(C)(C)O2)n1. The normalized spacial score (nSPS) is 21.3. The van der Waals surface area contributed by atoms with Gasteiger partial charge in [-0.15, -0.1) is 0 Å². The molecule has 2 rings (SSSR count). The highest BCUT2D eigenvalue weighted by Gasteiger charge is 2.52. The standard InChI is InChI=1S/C12H19BN2O2S/c1-8-7-9(15-10(14-8)18-6)13-16-11(2,3)12(4,5)17-13/h7H,1-6H3. The topological polar surface area (TPSA) is 44.2 Å². The molecule has 1 saturated heterocycles. The molecule has 0 saturated carbocycles. The molecule has 1 aromatic heterocycles. The molecule has 2 heterocycles. The number of aryl methyl sites for hydroxylation is 1. The third kappa shape index (κ3) is 2.42. The van der Waals surface area contributed by atoms with Crippen molar-refractivity contribution in [1.29, 1.82) is 0 Å². The molecule has 18 heavy (non-hydrogen) atoms. The Hall–Kier alpha value is -0.585. The summed E-state index contributed by atoms with van der Waals surface area (Å²) in [6.07, 6.45) is 1.96. The van der Waals surface area contributed by atoms with E-state index < -0.39 is 7.12 Å². The number of nitrogens with zero attached hydrogens (tertiary/aromatic N) is 2. The van der Waals surface area contributed by atoms with Crippen molar-refractivity contribution in [1.82, 2.24) is 9.97 Å². The van der Waals surface area contributed by atoms with E-state index in [9.17, 15) is 0 Å². The molecule has 6 heteroatoms. The molecule has 1 aliphatic heterocycles. The van der Waals surface area contributed by atoms with Crippen molar-refractivity contribution in [2.75, 3.05) is 6.26 Å². The van der Waals surface area contributed by atoms with Crippen molar-refractivity contribution in [2.45, 2.75) is 51.0 Å². The summed E-state index contributed by atoms with van der Waals surface area (Å²) < 4.78 is 12.0. The molecule has 0 unspecified atom stereocenters. The molecule has 0 aliphatic carbocycles. The van der Waals surface area contributed by atoms with Gasteiger partial charge in [0.2, 0.25) is 0 Å². The van der Waals surface area contributed by atoms with E-state index >= 15 is 0 Å². The zero-order valence-corrected chi connectivity index (χ0v) is 12.6. The number of thioether (sulfide) groups is 1. The van der Waals surface area contributed by atoms with Gasteiger partial charge in [0.25, 0.3) is 0 Å². The first-order valence-corrected chi connectivity index (χ1v) is 7.23. The van der Waals surface area contributed by atoms with Crippen LogP contribution < -0.4 is 5.59 Å². The van der Waals surface area contributed by atoms with Crippen LogP contribution in [0.15, 0.2) is 11.2 Å². The van der Waals surface area contributed by atoms with Gasteiger partial charge in [-0.2, -0.15) is 0 Å². The summed E-state index contributed by atoms with van der Waals surface area (Å²) >= 11 is 1.52. The Bertz CT molecular complexity index is 449. The fourth-order valence-corrected chi connectivity index (χ4v) is 2.17. The molecule has 0 radical (unpaired) electrons. The molecule has 98 valence electrons. The van der Waals surface area contributed by atoms with Crippen molar-refractivity contribution < 1.29 is 9.31 Å². The maximum Gasteiger partial charge on any atom is 0.514 e. The lowest BCUT2D eigenvalue weighted by atomic mass is 9.84. The number of hydrogen-bond acceptors (Lipinski definition) is 5. The monoisotopic (exact) mass is 266 g/mol. The maximum atomic E-state index is 5.98. The van der Waals surface area contributed by atoms with Crippen LogP contribution in [-0.4, -0.2) is 34.5 Å². The quantitative estimate of drug-likeness (QED) is 0.464. The number of aromatic nitrogens is 2. The van der Waals surface area contributed by atoms with Crippen molar-refractivity contribution in [3.63, 3.8) is 0 Å². The summed E-state index contributed by atoms with van der Waals surface area (Å²) in [6.45, 7) is 10.1. The van der Waals surface area contributed by atoms with Crippen LogP contribution in [0.5, 0.6) is 0 Å². The Labute approximate surface area is 113 Å². The van der Waals surface area contributed by atoms with Gasteiger partial charge < -0.3 is 9.31 Å². The lowest BCUT2D eigenvalue weighted by Crippen LogP contribution is -2.41. The van der Waals surface area contributed by atoms with Gasteiger partial charge in [-0.25, -0.2) is 9.97 Å². The average molecular weight is 266 g/mol. The summed E-state index contributed by atoms with van der Waals surface area (Å²) in [6, 6.07) is 1.92. The highest BCUT2D eigenvalue weighted by Crippen LogP contribution is 2.36. The van der Waals surface area contributed by atoms with Gasteiger partial charge >= 0.3 is 7.12 Å². The van der Waals surface area contributed by atoms with Gasteiger partial charge in [-0.1, -0.05) is 11.8 Å². The molecule has 0 bridgehead atoms. The van der Waals surface area contributed by atoms with Crippen molar-refractivity contribution in [2.24, 2.45) is 0 Å². The molecule has 0 spiro atoms. The van der Waals surface area contributed by atoms with Crippen LogP contribution in [0.1, 0.15) is 33.4 Å². The van der Waals surface area contributed by atoms with Crippen LogP contribution >= 0.6 is 11.8 Å². The highest BCUT2D eigenvalue weighted by atomic mass is 32.2. The minimum Gasteiger partial charge on any atom is -0.398 e. The smallest absolute Gasteiger partial charge is 0.398 e. The number of rotatable bonds is 2. The number of hydrogen-bond donors (Lipinski definition) is 0. The first-order valence-electron chi connectivity index (χ1n) is 6.00. The second-order valence-electron chi connectivity index (χ2n) is 5.51. The predicted octanol–water partition coefficient (Wildman–Crippen LogP) is 1.81. The van der Waals surface area contributed by atoms with Gasteiger partial charge in [0.1, 0.15) is 0 Å². The minimum absolute atomic E-state index is 0.337. The molecule has 4 nitrogen and oxygen atoms in total. The summed E-state index contributed by atoms with van der Waals surface area (Å²) in [5.41, 5.74) is 1.05. The summed E-state index contributed by atoms with van der Waals surface area (Å²) in [4.78, 5) is 8.80. The van der Waals surface area contributed by atoms with E-state index in [1.54, 1.807) is 0 Å².